The molecule has 0 aliphatic carbocycles. The lowest BCUT2D eigenvalue weighted by molar-refractivity contribution is -0.138. The smallest absolute Gasteiger partial charge is 0.325 e. The highest BCUT2D eigenvalue weighted by Crippen LogP contribution is 2.22. The largest absolute Gasteiger partial charge is 0.468 e. The van der Waals surface area contributed by atoms with Crippen molar-refractivity contribution in [2.45, 2.75) is 32.6 Å². The van der Waals surface area contributed by atoms with E-state index in [9.17, 15) is 4.79 Å². The Bertz CT molecular complexity index is 392. The fourth-order valence-electron chi connectivity index (χ4n) is 1.84. The summed E-state index contributed by atoms with van der Waals surface area (Å²) in [6.07, 6.45) is 3.65. The zero-order chi connectivity index (χ0) is 13.5. The Morgan fingerprint density at radius 2 is 2.06 bits per heavy atom. The van der Waals surface area contributed by atoms with E-state index in [4.69, 9.17) is 0 Å². The Morgan fingerprint density at radius 3 is 2.61 bits per heavy atom. The second kappa shape index (κ2) is 6.93. The first-order valence-corrected chi connectivity index (χ1v) is 6.22. The molecule has 0 atom stereocenters. The van der Waals surface area contributed by atoms with Crippen LogP contribution in [0.5, 0.6) is 0 Å². The molecule has 1 rings (SSSR count). The van der Waals surface area contributed by atoms with Crippen LogP contribution in [0, 0.1) is 0 Å². The zero-order valence-corrected chi connectivity index (χ0v) is 11.5. The SMILES string of the molecule is CCC(CC)c1cc(N(C)CC(=O)OC)ncn1. The highest BCUT2D eigenvalue weighted by atomic mass is 16.5. The molecule has 0 spiro atoms. The van der Waals surface area contributed by atoms with Gasteiger partial charge in [-0.3, -0.25) is 4.79 Å². The minimum absolute atomic E-state index is 0.190. The van der Waals surface area contributed by atoms with E-state index < -0.39 is 0 Å². The van der Waals surface area contributed by atoms with Gasteiger partial charge in [0.25, 0.3) is 0 Å². The Morgan fingerprint density at radius 1 is 1.39 bits per heavy atom. The fraction of sp³-hybridized carbons (Fsp3) is 0.615. The lowest BCUT2D eigenvalue weighted by Gasteiger charge is -2.18. The molecule has 1 heterocycles. The molecule has 1 aromatic heterocycles. The average molecular weight is 251 g/mol. The quantitative estimate of drug-likeness (QED) is 0.724. The third-order valence-corrected chi connectivity index (χ3v) is 3.06. The first-order valence-electron chi connectivity index (χ1n) is 6.22. The summed E-state index contributed by atoms with van der Waals surface area (Å²) in [6, 6.07) is 1.95. The number of rotatable bonds is 6. The molecule has 18 heavy (non-hydrogen) atoms. The van der Waals surface area contributed by atoms with Gasteiger partial charge >= 0.3 is 5.97 Å². The van der Waals surface area contributed by atoms with E-state index in [1.165, 1.54) is 7.11 Å². The van der Waals surface area contributed by atoms with Crippen molar-refractivity contribution in [1.82, 2.24) is 9.97 Å². The molecule has 0 radical (unpaired) electrons. The van der Waals surface area contributed by atoms with Gasteiger partial charge in [0, 0.05) is 24.7 Å². The van der Waals surface area contributed by atoms with Gasteiger partial charge in [-0.05, 0) is 12.8 Å². The molecule has 0 saturated heterocycles. The van der Waals surface area contributed by atoms with Gasteiger partial charge in [-0.2, -0.15) is 0 Å². The van der Waals surface area contributed by atoms with Gasteiger partial charge in [0.2, 0.25) is 0 Å². The van der Waals surface area contributed by atoms with Crippen LogP contribution in [-0.2, 0) is 9.53 Å². The maximum atomic E-state index is 11.2. The predicted molar refractivity (Wildman–Crippen MR) is 70.6 cm³/mol. The van der Waals surface area contributed by atoms with Crippen molar-refractivity contribution in [3.8, 4) is 0 Å². The molecule has 0 amide bonds. The highest BCUT2D eigenvalue weighted by molar-refractivity contribution is 5.74. The molecule has 0 aliphatic rings. The van der Waals surface area contributed by atoms with Crippen LogP contribution < -0.4 is 4.90 Å². The van der Waals surface area contributed by atoms with Crippen molar-refractivity contribution in [1.29, 1.82) is 0 Å². The topological polar surface area (TPSA) is 55.3 Å². The Labute approximate surface area is 108 Å². The van der Waals surface area contributed by atoms with Crippen molar-refractivity contribution in [2.75, 3.05) is 25.6 Å². The Kier molecular flexibility index (Phi) is 5.55. The number of methoxy groups -OCH3 is 1. The van der Waals surface area contributed by atoms with Crippen LogP contribution in [0.15, 0.2) is 12.4 Å². The van der Waals surface area contributed by atoms with Crippen molar-refractivity contribution in [2.24, 2.45) is 0 Å². The summed E-state index contributed by atoms with van der Waals surface area (Å²) >= 11 is 0. The van der Waals surface area contributed by atoms with Crippen LogP contribution in [0.4, 0.5) is 5.82 Å². The number of aromatic nitrogens is 2. The van der Waals surface area contributed by atoms with Crippen LogP contribution in [0.25, 0.3) is 0 Å². The molecule has 100 valence electrons. The van der Waals surface area contributed by atoms with Gasteiger partial charge in [-0.1, -0.05) is 13.8 Å². The monoisotopic (exact) mass is 251 g/mol. The van der Waals surface area contributed by atoms with Gasteiger partial charge in [-0.15, -0.1) is 0 Å². The summed E-state index contributed by atoms with van der Waals surface area (Å²) in [5, 5.41) is 0. The Balaban J connectivity index is 2.84. The summed E-state index contributed by atoms with van der Waals surface area (Å²) in [4.78, 5) is 21.5. The summed E-state index contributed by atoms with van der Waals surface area (Å²) in [5.74, 6) is 0.913. The van der Waals surface area contributed by atoms with Gasteiger partial charge in [0.1, 0.15) is 18.7 Å². The zero-order valence-electron chi connectivity index (χ0n) is 11.5. The molecule has 0 aliphatic heterocycles. The molecular formula is C13H21N3O2. The minimum atomic E-state index is -0.278. The van der Waals surface area contributed by atoms with Gasteiger partial charge < -0.3 is 9.64 Å². The van der Waals surface area contributed by atoms with Gasteiger partial charge in [0.05, 0.1) is 7.11 Å². The van der Waals surface area contributed by atoms with E-state index in [-0.39, 0.29) is 12.5 Å². The number of nitrogens with zero attached hydrogens (tertiary/aromatic N) is 3. The minimum Gasteiger partial charge on any atom is -0.468 e. The van der Waals surface area contributed by atoms with Crippen molar-refractivity contribution in [3.63, 3.8) is 0 Å². The van der Waals surface area contributed by atoms with Gasteiger partial charge in [0.15, 0.2) is 0 Å². The Hall–Kier alpha value is -1.65. The van der Waals surface area contributed by atoms with Crippen LogP contribution in [0.2, 0.25) is 0 Å². The highest BCUT2D eigenvalue weighted by Gasteiger charge is 2.13. The van der Waals surface area contributed by atoms with E-state index in [2.05, 4.69) is 28.6 Å². The van der Waals surface area contributed by atoms with Crippen LogP contribution in [0.3, 0.4) is 0 Å². The molecule has 5 nitrogen and oxygen atoms in total. The average Bonchev–Trinajstić information content (AvgIpc) is 2.40. The molecular weight excluding hydrogens is 230 g/mol. The molecule has 0 N–H and O–H groups in total. The number of hydrogen-bond acceptors (Lipinski definition) is 5. The molecule has 0 aromatic carbocycles. The number of hydrogen-bond donors (Lipinski definition) is 0. The maximum Gasteiger partial charge on any atom is 0.325 e. The summed E-state index contributed by atoms with van der Waals surface area (Å²) in [7, 11) is 3.20. The number of anilines is 1. The van der Waals surface area contributed by atoms with Crippen LogP contribution >= 0.6 is 0 Å². The van der Waals surface area contributed by atoms with E-state index in [1.54, 1.807) is 11.2 Å². The standard InChI is InChI=1S/C13H21N3O2/c1-5-10(6-2)11-7-12(15-9-14-11)16(3)8-13(17)18-4/h7,9-10H,5-6,8H2,1-4H3. The van der Waals surface area contributed by atoms with E-state index in [1.807, 2.05) is 13.1 Å². The van der Waals surface area contributed by atoms with E-state index >= 15 is 0 Å². The fourth-order valence-corrected chi connectivity index (χ4v) is 1.84. The number of esters is 1. The molecule has 0 unspecified atom stereocenters. The summed E-state index contributed by atoms with van der Waals surface area (Å²) in [6.45, 7) is 4.48. The molecule has 5 heteroatoms. The maximum absolute atomic E-state index is 11.2. The third kappa shape index (κ3) is 3.68. The predicted octanol–water partition coefficient (Wildman–Crippen LogP) is 1.99. The number of carbonyl (C=O) groups is 1. The lowest BCUT2D eigenvalue weighted by atomic mass is 9.99. The number of ether oxygens (including phenoxy) is 1. The number of carbonyl (C=O) groups excluding carboxylic acids is 1. The van der Waals surface area contributed by atoms with Gasteiger partial charge in [-0.25, -0.2) is 9.97 Å². The normalized spacial score (nSPS) is 10.5. The molecule has 1 aromatic rings. The van der Waals surface area contributed by atoms with Crippen molar-refractivity contribution >= 4 is 11.8 Å². The summed E-state index contributed by atoms with van der Waals surface area (Å²) in [5.41, 5.74) is 1.03. The first-order chi connectivity index (χ1) is 8.62. The van der Waals surface area contributed by atoms with E-state index in [0.717, 1.165) is 24.4 Å². The van der Waals surface area contributed by atoms with Crippen LogP contribution in [0.1, 0.15) is 38.3 Å². The lowest BCUT2D eigenvalue weighted by Crippen LogP contribution is -2.27. The third-order valence-electron chi connectivity index (χ3n) is 3.06. The second-order valence-electron chi connectivity index (χ2n) is 4.25. The summed E-state index contributed by atoms with van der Waals surface area (Å²) < 4.78 is 4.64. The first kappa shape index (κ1) is 14.4. The van der Waals surface area contributed by atoms with E-state index in [0.29, 0.717) is 5.92 Å². The second-order valence-corrected chi connectivity index (χ2v) is 4.25. The van der Waals surface area contributed by atoms with Crippen molar-refractivity contribution in [3.05, 3.63) is 18.1 Å². The molecule has 0 bridgehead atoms. The van der Waals surface area contributed by atoms with Crippen LogP contribution in [-0.4, -0.2) is 36.6 Å². The molecule has 0 saturated carbocycles. The van der Waals surface area contributed by atoms with Crippen molar-refractivity contribution < 1.29 is 9.53 Å². The molecule has 0 fully saturated rings. The number of likely N-dealkylation sites (N-methyl/N-ethyl adjacent to an activating group) is 1.